The molecule has 0 aliphatic carbocycles. The van der Waals surface area contributed by atoms with Crippen LogP contribution in [0.1, 0.15) is 46.0 Å². The van der Waals surface area contributed by atoms with Crippen LogP contribution in [0.2, 0.25) is 0 Å². The zero-order valence-electron chi connectivity index (χ0n) is 12.8. The molecule has 6 heteroatoms. The minimum atomic E-state index is -0.716. The van der Waals surface area contributed by atoms with E-state index >= 15 is 0 Å². The van der Waals surface area contributed by atoms with Crippen molar-refractivity contribution in [3.05, 3.63) is 0 Å². The zero-order chi connectivity index (χ0) is 15.4. The lowest BCUT2D eigenvalue weighted by atomic mass is 10.2. The van der Waals surface area contributed by atoms with Crippen molar-refractivity contribution in [2.24, 2.45) is 5.73 Å². The number of primary amides is 1. The molecule has 0 aromatic carbocycles. The third-order valence-electron chi connectivity index (χ3n) is 3.45. The quantitative estimate of drug-likeness (QED) is 0.806. The number of nitrogens with two attached hydrogens (primary N) is 1. The molecule has 118 valence electrons. The Bertz CT molecular complexity index is 273. The van der Waals surface area contributed by atoms with E-state index in [1.165, 1.54) is 12.8 Å². The summed E-state index contributed by atoms with van der Waals surface area (Å²) < 4.78 is 0. The van der Waals surface area contributed by atoms with Gasteiger partial charge in [0.05, 0.1) is 6.42 Å². The third kappa shape index (κ3) is 9.61. The standard InChI is InChI=1S/C7H14N2O.C7H15NO2/c8-7(10)9-5-3-1-2-4-6-9;1-3-8(4-2)6-5-7(9)10/h1-6H2,(H2,8,10);3-6H2,1-2H3,(H,9,10). The molecule has 1 heterocycles. The number of rotatable bonds is 5. The van der Waals surface area contributed by atoms with Crippen molar-refractivity contribution < 1.29 is 14.7 Å². The predicted octanol–water partition coefficient (Wildman–Crippen LogP) is 1.74. The first kappa shape index (κ1) is 18.7. The molecule has 0 atom stereocenters. The van der Waals surface area contributed by atoms with E-state index in [2.05, 4.69) is 4.90 Å². The van der Waals surface area contributed by atoms with Gasteiger partial charge in [-0.25, -0.2) is 4.79 Å². The number of carbonyl (C=O) groups excluding carboxylic acids is 1. The van der Waals surface area contributed by atoms with Gasteiger partial charge in [0.15, 0.2) is 0 Å². The smallest absolute Gasteiger partial charge is 0.314 e. The average Bonchev–Trinajstić information content (AvgIpc) is 2.69. The van der Waals surface area contributed by atoms with Gasteiger partial charge in [0.25, 0.3) is 0 Å². The van der Waals surface area contributed by atoms with E-state index in [4.69, 9.17) is 10.8 Å². The monoisotopic (exact) mass is 287 g/mol. The van der Waals surface area contributed by atoms with E-state index in [0.717, 1.165) is 39.0 Å². The molecule has 1 aliphatic heterocycles. The second-order valence-corrected chi connectivity index (χ2v) is 4.91. The van der Waals surface area contributed by atoms with Gasteiger partial charge < -0.3 is 20.6 Å². The highest BCUT2D eigenvalue weighted by molar-refractivity contribution is 5.71. The third-order valence-corrected chi connectivity index (χ3v) is 3.45. The second kappa shape index (κ2) is 11.5. The van der Waals surface area contributed by atoms with Gasteiger partial charge >= 0.3 is 12.0 Å². The molecule has 2 amide bonds. The van der Waals surface area contributed by atoms with Crippen molar-refractivity contribution in [3.63, 3.8) is 0 Å². The average molecular weight is 287 g/mol. The molecule has 0 aromatic heterocycles. The summed E-state index contributed by atoms with van der Waals surface area (Å²) in [7, 11) is 0. The van der Waals surface area contributed by atoms with E-state index in [1.54, 1.807) is 4.90 Å². The first-order chi connectivity index (χ1) is 9.51. The van der Waals surface area contributed by atoms with Crippen molar-refractivity contribution >= 4 is 12.0 Å². The largest absolute Gasteiger partial charge is 0.481 e. The SMILES string of the molecule is CCN(CC)CCC(=O)O.NC(=O)N1CCCCCC1. The maximum absolute atomic E-state index is 10.7. The Kier molecular flexibility index (Phi) is 10.8. The van der Waals surface area contributed by atoms with Crippen molar-refractivity contribution in [1.29, 1.82) is 0 Å². The van der Waals surface area contributed by atoms with E-state index < -0.39 is 5.97 Å². The van der Waals surface area contributed by atoms with E-state index in [9.17, 15) is 9.59 Å². The van der Waals surface area contributed by atoms with Crippen LogP contribution < -0.4 is 5.73 Å². The fourth-order valence-electron chi connectivity index (χ4n) is 2.08. The highest BCUT2D eigenvalue weighted by Gasteiger charge is 2.10. The van der Waals surface area contributed by atoms with Crippen LogP contribution >= 0.6 is 0 Å². The van der Waals surface area contributed by atoms with E-state index in [1.807, 2.05) is 13.8 Å². The molecular formula is C14H29N3O3. The van der Waals surface area contributed by atoms with Gasteiger partial charge in [-0.3, -0.25) is 4.79 Å². The normalized spacial score (nSPS) is 15.2. The lowest BCUT2D eigenvalue weighted by Gasteiger charge is -2.16. The summed E-state index contributed by atoms with van der Waals surface area (Å²) in [5.41, 5.74) is 5.12. The Morgan fingerprint density at radius 2 is 1.60 bits per heavy atom. The molecule has 0 aromatic rings. The van der Waals surface area contributed by atoms with Crippen LogP contribution in [0, 0.1) is 0 Å². The van der Waals surface area contributed by atoms with Crippen molar-refractivity contribution in [2.45, 2.75) is 46.0 Å². The lowest BCUT2D eigenvalue weighted by Crippen LogP contribution is -2.36. The highest BCUT2D eigenvalue weighted by atomic mass is 16.4. The Morgan fingerprint density at radius 3 is 1.95 bits per heavy atom. The number of amides is 2. The number of carbonyl (C=O) groups is 2. The number of urea groups is 1. The molecule has 3 N–H and O–H groups in total. The Balaban J connectivity index is 0.000000361. The lowest BCUT2D eigenvalue weighted by molar-refractivity contribution is -0.137. The molecule has 1 rings (SSSR count). The molecule has 0 spiro atoms. The first-order valence-corrected chi connectivity index (χ1v) is 7.49. The molecule has 1 aliphatic rings. The summed E-state index contributed by atoms with van der Waals surface area (Å²) >= 11 is 0. The van der Waals surface area contributed by atoms with Gasteiger partial charge in [0, 0.05) is 19.6 Å². The van der Waals surface area contributed by atoms with Crippen LogP contribution in [0.5, 0.6) is 0 Å². The summed E-state index contributed by atoms with van der Waals surface area (Å²) in [5, 5.41) is 8.33. The van der Waals surface area contributed by atoms with Gasteiger partial charge in [-0.05, 0) is 25.9 Å². The highest BCUT2D eigenvalue weighted by Crippen LogP contribution is 2.08. The van der Waals surface area contributed by atoms with Crippen molar-refractivity contribution in [1.82, 2.24) is 9.80 Å². The molecular weight excluding hydrogens is 258 g/mol. The molecule has 0 saturated carbocycles. The number of carboxylic acids is 1. The topological polar surface area (TPSA) is 86.9 Å². The number of likely N-dealkylation sites (tertiary alicyclic amines) is 1. The van der Waals surface area contributed by atoms with E-state index in [-0.39, 0.29) is 12.5 Å². The summed E-state index contributed by atoms with van der Waals surface area (Å²) in [5.74, 6) is -0.716. The van der Waals surface area contributed by atoms with Gasteiger partial charge in [0.1, 0.15) is 0 Å². The summed E-state index contributed by atoms with van der Waals surface area (Å²) in [4.78, 5) is 24.6. The number of aliphatic carboxylic acids is 1. The fourth-order valence-corrected chi connectivity index (χ4v) is 2.08. The maximum Gasteiger partial charge on any atom is 0.314 e. The molecule has 1 saturated heterocycles. The first-order valence-electron chi connectivity index (χ1n) is 7.49. The van der Waals surface area contributed by atoms with Crippen molar-refractivity contribution in [2.75, 3.05) is 32.7 Å². The number of nitrogens with zero attached hydrogens (tertiary/aromatic N) is 2. The zero-order valence-corrected chi connectivity index (χ0v) is 12.8. The van der Waals surface area contributed by atoms with Crippen LogP contribution in [0.3, 0.4) is 0 Å². The molecule has 6 nitrogen and oxygen atoms in total. The number of hydrogen-bond acceptors (Lipinski definition) is 3. The van der Waals surface area contributed by atoms with Crippen molar-refractivity contribution in [3.8, 4) is 0 Å². The molecule has 0 radical (unpaired) electrons. The Morgan fingerprint density at radius 1 is 1.10 bits per heavy atom. The second-order valence-electron chi connectivity index (χ2n) is 4.91. The van der Waals surface area contributed by atoms with Gasteiger partial charge in [-0.15, -0.1) is 0 Å². The molecule has 20 heavy (non-hydrogen) atoms. The summed E-state index contributed by atoms with van der Waals surface area (Å²) in [6.07, 6.45) is 4.96. The van der Waals surface area contributed by atoms with Crippen LogP contribution in [0.25, 0.3) is 0 Å². The number of carboxylic acid groups (broad SMARTS) is 1. The predicted molar refractivity (Wildman–Crippen MR) is 79.7 cm³/mol. The Hall–Kier alpha value is -1.30. The minimum Gasteiger partial charge on any atom is -0.481 e. The fraction of sp³-hybridized carbons (Fsp3) is 0.857. The minimum absolute atomic E-state index is 0.252. The number of hydrogen-bond donors (Lipinski definition) is 2. The summed E-state index contributed by atoms with van der Waals surface area (Å²) in [6.45, 7) is 8.32. The maximum atomic E-state index is 10.7. The van der Waals surface area contributed by atoms with Gasteiger partial charge in [0.2, 0.25) is 0 Å². The molecule has 0 bridgehead atoms. The van der Waals surface area contributed by atoms with Crippen LogP contribution in [-0.2, 0) is 4.79 Å². The van der Waals surface area contributed by atoms with E-state index in [0.29, 0.717) is 6.54 Å². The van der Waals surface area contributed by atoms with Crippen LogP contribution in [0.4, 0.5) is 4.79 Å². The molecule has 1 fully saturated rings. The summed E-state index contributed by atoms with van der Waals surface area (Å²) in [6, 6.07) is -0.262. The Labute approximate surface area is 121 Å². The van der Waals surface area contributed by atoms with Crippen LogP contribution in [0.15, 0.2) is 0 Å². The molecule has 0 unspecified atom stereocenters. The van der Waals surface area contributed by atoms with Gasteiger partial charge in [-0.2, -0.15) is 0 Å². The van der Waals surface area contributed by atoms with Gasteiger partial charge in [-0.1, -0.05) is 26.7 Å². The van der Waals surface area contributed by atoms with Crippen LogP contribution in [-0.4, -0.2) is 59.6 Å².